The second-order valence-corrected chi connectivity index (χ2v) is 6.18. The van der Waals surface area contributed by atoms with Crippen molar-refractivity contribution in [2.75, 3.05) is 19.8 Å². The smallest absolute Gasteiger partial charge is 0.191 e. The fourth-order valence-corrected chi connectivity index (χ4v) is 2.91. The number of rotatable bonds is 7. The van der Waals surface area contributed by atoms with Gasteiger partial charge in [0.05, 0.1) is 0 Å². The van der Waals surface area contributed by atoms with E-state index in [4.69, 9.17) is 0 Å². The van der Waals surface area contributed by atoms with Gasteiger partial charge in [0, 0.05) is 38.3 Å². The Morgan fingerprint density at radius 3 is 2.76 bits per heavy atom. The molecule has 1 aromatic heterocycles. The van der Waals surface area contributed by atoms with Crippen LogP contribution in [0.2, 0.25) is 0 Å². The molecule has 0 radical (unpaired) electrons. The number of thioether (sulfide) groups is 1. The fraction of sp³-hybridized carbons (Fsp3) is 0.333. The number of hydrogen-bond acceptors (Lipinski definition) is 3. The van der Waals surface area contributed by atoms with Crippen molar-refractivity contribution < 1.29 is 4.39 Å². The molecule has 1 aromatic carbocycles. The van der Waals surface area contributed by atoms with Crippen LogP contribution < -0.4 is 10.6 Å². The Bertz CT molecular complexity index is 667. The minimum atomic E-state index is -0.193. The van der Waals surface area contributed by atoms with Crippen LogP contribution in [0, 0.1) is 5.82 Å². The zero-order chi connectivity index (χ0) is 17.2. The molecule has 0 amide bonds. The van der Waals surface area contributed by atoms with Gasteiger partial charge in [-0.25, -0.2) is 4.39 Å². The second-order valence-electron chi connectivity index (χ2n) is 5.31. The van der Waals surface area contributed by atoms with Crippen LogP contribution >= 0.6 is 35.7 Å². The predicted octanol–water partition coefficient (Wildman–Crippen LogP) is 3.61. The van der Waals surface area contributed by atoms with Crippen molar-refractivity contribution in [3.63, 3.8) is 0 Å². The summed E-state index contributed by atoms with van der Waals surface area (Å²) < 4.78 is 13.4. The highest BCUT2D eigenvalue weighted by Gasteiger charge is 2.05. The molecule has 0 atom stereocenters. The molecule has 2 N–H and O–H groups in total. The minimum absolute atomic E-state index is 0. The Hall–Kier alpha value is -1.35. The van der Waals surface area contributed by atoms with Gasteiger partial charge in [-0.15, -0.1) is 24.0 Å². The number of halogens is 2. The first-order chi connectivity index (χ1) is 11.7. The number of pyridine rings is 1. The van der Waals surface area contributed by atoms with Crippen molar-refractivity contribution in [3.05, 3.63) is 65.2 Å². The Labute approximate surface area is 170 Å². The molecule has 4 nitrogen and oxygen atoms in total. The molecular weight excluding hydrogens is 450 g/mol. The lowest BCUT2D eigenvalue weighted by molar-refractivity contribution is 0.625. The summed E-state index contributed by atoms with van der Waals surface area (Å²) in [5.41, 5.74) is 3.28. The first-order valence-electron chi connectivity index (χ1n) is 7.82. The largest absolute Gasteiger partial charge is 0.356 e. The monoisotopic (exact) mass is 474 g/mol. The summed E-state index contributed by atoms with van der Waals surface area (Å²) in [6, 6.07) is 8.92. The normalized spacial score (nSPS) is 10.9. The van der Waals surface area contributed by atoms with Gasteiger partial charge in [-0.1, -0.05) is 12.1 Å². The molecule has 1 heterocycles. The van der Waals surface area contributed by atoms with Crippen molar-refractivity contribution in [1.82, 2.24) is 15.6 Å². The van der Waals surface area contributed by atoms with E-state index in [9.17, 15) is 4.39 Å². The summed E-state index contributed by atoms with van der Waals surface area (Å²) in [6.07, 6.45) is 6.53. The molecule has 7 heteroatoms. The van der Waals surface area contributed by atoms with Crippen LogP contribution in [0.3, 0.4) is 0 Å². The number of hydrogen-bond donors (Lipinski definition) is 2. The number of aromatic nitrogens is 1. The van der Waals surface area contributed by atoms with Crippen molar-refractivity contribution in [1.29, 1.82) is 0 Å². The van der Waals surface area contributed by atoms with Crippen LogP contribution in [0.15, 0.2) is 47.7 Å². The van der Waals surface area contributed by atoms with Gasteiger partial charge >= 0.3 is 0 Å². The van der Waals surface area contributed by atoms with Crippen molar-refractivity contribution >= 4 is 41.7 Å². The highest BCUT2D eigenvalue weighted by Crippen LogP contribution is 2.16. The molecule has 2 rings (SSSR count). The van der Waals surface area contributed by atoms with Gasteiger partial charge in [-0.3, -0.25) is 9.98 Å². The van der Waals surface area contributed by atoms with Gasteiger partial charge in [0.2, 0.25) is 0 Å². The van der Waals surface area contributed by atoms with E-state index in [1.54, 1.807) is 31.1 Å². The molecule has 0 unspecified atom stereocenters. The maximum atomic E-state index is 13.4. The van der Waals surface area contributed by atoms with E-state index in [1.165, 1.54) is 11.6 Å². The first kappa shape index (κ1) is 21.7. The van der Waals surface area contributed by atoms with Gasteiger partial charge in [0.1, 0.15) is 5.82 Å². The van der Waals surface area contributed by atoms with Gasteiger partial charge < -0.3 is 10.6 Å². The molecule has 0 saturated carbocycles. The summed E-state index contributed by atoms with van der Waals surface area (Å²) in [5.74, 6) is 1.34. The number of nitrogens with zero attached hydrogens (tertiary/aromatic N) is 2. The predicted molar refractivity (Wildman–Crippen MR) is 115 cm³/mol. The molecule has 0 fully saturated rings. The average molecular weight is 474 g/mol. The van der Waals surface area contributed by atoms with Gasteiger partial charge in [0.25, 0.3) is 0 Å². The quantitative estimate of drug-likeness (QED) is 0.366. The van der Waals surface area contributed by atoms with Crippen LogP contribution in [0.5, 0.6) is 0 Å². The van der Waals surface area contributed by atoms with Crippen LogP contribution in [0.25, 0.3) is 0 Å². The number of guanidine groups is 1. The maximum Gasteiger partial charge on any atom is 0.191 e. The Morgan fingerprint density at radius 2 is 2.08 bits per heavy atom. The lowest BCUT2D eigenvalue weighted by Gasteiger charge is -2.14. The molecular formula is C18H24FIN4S. The van der Waals surface area contributed by atoms with Crippen LogP contribution in [0.4, 0.5) is 4.39 Å². The summed E-state index contributed by atoms with van der Waals surface area (Å²) in [7, 11) is 1.74. The Balaban J connectivity index is 0.00000312. The SMILES string of the molecule is CN=C(NCCc1cccnc1)NCc1ccc(F)cc1CSC.I. The molecule has 0 aliphatic heterocycles. The third kappa shape index (κ3) is 7.60. The van der Waals surface area contributed by atoms with E-state index >= 15 is 0 Å². The Kier molecular flexibility index (Phi) is 10.5. The van der Waals surface area contributed by atoms with E-state index in [0.29, 0.717) is 6.54 Å². The lowest BCUT2D eigenvalue weighted by atomic mass is 10.1. The summed E-state index contributed by atoms with van der Waals surface area (Å²) in [5, 5.41) is 6.56. The van der Waals surface area contributed by atoms with Crippen molar-refractivity contribution in [3.8, 4) is 0 Å². The number of aliphatic imine (C=N–C) groups is 1. The van der Waals surface area contributed by atoms with Crippen LogP contribution in [0.1, 0.15) is 16.7 Å². The molecule has 136 valence electrons. The zero-order valence-corrected chi connectivity index (χ0v) is 17.6. The Morgan fingerprint density at radius 1 is 1.24 bits per heavy atom. The minimum Gasteiger partial charge on any atom is -0.356 e. The van der Waals surface area contributed by atoms with E-state index in [0.717, 1.165) is 35.8 Å². The second kappa shape index (κ2) is 12.1. The van der Waals surface area contributed by atoms with Gasteiger partial charge in [-0.05, 0) is 47.6 Å². The van der Waals surface area contributed by atoms with E-state index < -0.39 is 0 Å². The van der Waals surface area contributed by atoms with E-state index in [-0.39, 0.29) is 29.8 Å². The molecule has 2 aromatic rings. The summed E-state index contributed by atoms with van der Waals surface area (Å²) in [6.45, 7) is 1.38. The third-order valence-corrected chi connectivity index (χ3v) is 4.17. The standard InChI is InChI=1S/C18H23FN4S.HI/c1-20-18(22-9-7-14-4-3-8-21-11-14)23-12-15-5-6-17(19)10-16(15)13-24-2;/h3-6,8,10-11H,7,9,12-13H2,1-2H3,(H2,20,22,23);1H. The van der Waals surface area contributed by atoms with Crippen LogP contribution in [-0.4, -0.2) is 30.8 Å². The zero-order valence-electron chi connectivity index (χ0n) is 14.5. The molecule has 0 aliphatic rings. The third-order valence-electron chi connectivity index (χ3n) is 3.57. The highest BCUT2D eigenvalue weighted by atomic mass is 127. The topological polar surface area (TPSA) is 49.3 Å². The van der Waals surface area contributed by atoms with Gasteiger partial charge in [-0.2, -0.15) is 11.8 Å². The van der Waals surface area contributed by atoms with E-state index in [1.807, 2.05) is 24.6 Å². The summed E-state index contributed by atoms with van der Waals surface area (Å²) in [4.78, 5) is 8.33. The van der Waals surface area contributed by atoms with Crippen molar-refractivity contribution in [2.24, 2.45) is 4.99 Å². The first-order valence-corrected chi connectivity index (χ1v) is 9.22. The van der Waals surface area contributed by atoms with Gasteiger partial charge in [0.15, 0.2) is 5.96 Å². The molecule has 0 bridgehead atoms. The number of nitrogens with one attached hydrogen (secondary N) is 2. The highest BCUT2D eigenvalue weighted by molar-refractivity contribution is 14.0. The van der Waals surface area contributed by atoms with Crippen molar-refractivity contribution in [2.45, 2.75) is 18.7 Å². The lowest BCUT2D eigenvalue weighted by Crippen LogP contribution is -2.38. The molecule has 0 spiro atoms. The molecule has 0 aliphatic carbocycles. The van der Waals surface area contributed by atoms with E-state index in [2.05, 4.69) is 26.7 Å². The maximum absolute atomic E-state index is 13.4. The van der Waals surface area contributed by atoms with Crippen LogP contribution in [-0.2, 0) is 18.7 Å². The number of benzene rings is 1. The fourth-order valence-electron chi connectivity index (χ4n) is 2.33. The summed E-state index contributed by atoms with van der Waals surface area (Å²) >= 11 is 1.68. The average Bonchev–Trinajstić information content (AvgIpc) is 2.60. The molecule has 25 heavy (non-hydrogen) atoms. The molecule has 0 saturated heterocycles.